The minimum absolute atomic E-state index is 0.00623. The second kappa shape index (κ2) is 6.34. The number of fused-ring (bicyclic) bond motifs is 1. The maximum Gasteiger partial charge on any atom is 0.270 e. The first-order chi connectivity index (χ1) is 11.7. The number of furan rings is 1. The van der Waals surface area contributed by atoms with Gasteiger partial charge in [-0.05, 0) is 17.7 Å². The Morgan fingerprint density at radius 3 is 2.79 bits per heavy atom. The molecular formula is C18H17ClN2O3. The van der Waals surface area contributed by atoms with E-state index in [0.29, 0.717) is 49.1 Å². The number of hydrogen-bond acceptors (Lipinski definition) is 3. The van der Waals surface area contributed by atoms with Gasteiger partial charge in [-0.1, -0.05) is 23.7 Å². The third-order valence-electron chi connectivity index (χ3n) is 4.27. The Balaban J connectivity index is 1.72. The molecule has 0 saturated carbocycles. The predicted molar refractivity (Wildman–Crippen MR) is 91.5 cm³/mol. The lowest BCUT2D eigenvalue weighted by Gasteiger charge is -2.27. The van der Waals surface area contributed by atoms with Gasteiger partial charge in [-0.15, -0.1) is 0 Å². The van der Waals surface area contributed by atoms with Crippen LogP contribution in [0.3, 0.4) is 0 Å². The number of ether oxygens (including phenoxy) is 1. The molecule has 1 aliphatic rings. The van der Waals surface area contributed by atoms with Crippen molar-refractivity contribution in [3.8, 4) is 0 Å². The van der Waals surface area contributed by atoms with Crippen LogP contribution in [0.1, 0.15) is 16.1 Å². The zero-order valence-corrected chi connectivity index (χ0v) is 13.8. The van der Waals surface area contributed by atoms with Crippen molar-refractivity contribution >= 4 is 28.6 Å². The van der Waals surface area contributed by atoms with Crippen LogP contribution in [0.4, 0.5) is 0 Å². The zero-order valence-electron chi connectivity index (χ0n) is 13.1. The summed E-state index contributed by atoms with van der Waals surface area (Å²) in [5.74, 6) is 0.00623. The summed E-state index contributed by atoms with van der Waals surface area (Å²) in [4.78, 5) is 14.8. The molecule has 0 radical (unpaired) electrons. The molecule has 6 heteroatoms. The largest absolute Gasteiger partial charge is 0.463 e. The summed E-state index contributed by atoms with van der Waals surface area (Å²) in [6.07, 6.45) is 1.64. The molecule has 1 fully saturated rings. The van der Waals surface area contributed by atoms with Crippen LogP contribution in [0.2, 0.25) is 5.02 Å². The number of benzene rings is 1. The Bertz CT molecular complexity index is 877. The molecule has 0 aliphatic carbocycles. The Labute approximate surface area is 144 Å². The van der Waals surface area contributed by atoms with E-state index in [4.69, 9.17) is 20.8 Å². The lowest BCUT2D eigenvalue weighted by atomic mass is 10.2. The maximum absolute atomic E-state index is 12.9. The van der Waals surface area contributed by atoms with Crippen LogP contribution in [0.5, 0.6) is 0 Å². The highest BCUT2D eigenvalue weighted by Gasteiger charge is 2.24. The van der Waals surface area contributed by atoms with Gasteiger partial charge in [0.2, 0.25) is 0 Å². The topological polar surface area (TPSA) is 47.6 Å². The van der Waals surface area contributed by atoms with Gasteiger partial charge in [0.05, 0.1) is 25.0 Å². The second-order valence-corrected chi connectivity index (χ2v) is 6.26. The van der Waals surface area contributed by atoms with E-state index < -0.39 is 0 Å². The summed E-state index contributed by atoms with van der Waals surface area (Å²) in [7, 11) is 0. The molecule has 1 aromatic carbocycles. The number of morpholine rings is 1. The zero-order chi connectivity index (χ0) is 16.5. The number of rotatable bonds is 3. The average molecular weight is 345 g/mol. The van der Waals surface area contributed by atoms with E-state index in [1.54, 1.807) is 6.26 Å². The molecule has 3 heterocycles. The molecule has 1 amide bonds. The van der Waals surface area contributed by atoms with Gasteiger partial charge in [-0.3, -0.25) is 4.79 Å². The van der Waals surface area contributed by atoms with Crippen LogP contribution >= 0.6 is 11.6 Å². The third kappa shape index (κ3) is 2.81. The Morgan fingerprint density at radius 1 is 1.17 bits per heavy atom. The highest BCUT2D eigenvalue weighted by atomic mass is 35.5. The van der Waals surface area contributed by atoms with Crippen molar-refractivity contribution < 1.29 is 13.9 Å². The van der Waals surface area contributed by atoms with Crippen molar-refractivity contribution in [1.82, 2.24) is 9.47 Å². The number of aromatic nitrogens is 1. The molecular weight excluding hydrogens is 328 g/mol. The van der Waals surface area contributed by atoms with E-state index in [0.717, 1.165) is 11.1 Å². The molecule has 1 saturated heterocycles. The lowest BCUT2D eigenvalue weighted by Crippen LogP contribution is -2.41. The summed E-state index contributed by atoms with van der Waals surface area (Å²) in [5, 5.41) is 0.684. The Hall–Kier alpha value is -2.24. The SMILES string of the molecule is O=C(c1cc2occc2n1Cc1cccc(Cl)c1)N1CCOCC1. The van der Waals surface area contributed by atoms with E-state index in [-0.39, 0.29) is 5.91 Å². The van der Waals surface area contributed by atoms with Gasteiger partial charge in [-0.25, -0.2) is 0 Å². The molecule has 2 aromatic heterocycles. The van der Waals surface area contributed by atoms with Gasteiger partial charge in [-0.2, -0.15) is 0 Å². The minimum Gasteiger partial charge on any atom is -0.463 e. The Morgan fingerprint density at radius 2 is 2.00 bits per heavy atom. The fourth-order valence-electron chi connectivity index (χ4n) is 3.07. The van der Waals surface area contributed by atoms with Gasteiger partial charge in [0.1, 0.15) is 5.69 Å². The summed E-state index contributed by atoms with van der Waals surface area (Å²) in [6.45, 7) is 2.95. The van der Waals surface area contributed by atoms with Crippen molar-refractivity contribution in [2.24, 2.45) is 0 Å². The van der Waals surface area contributed by atoms with Crippen molar-refractivity contribution in [2.45, 2.75) is 6.54 Å². The third-order valence-corrected chi connectivity index (χ3v) is 4.51. The number of amides is 1. The molecule has 0 N–H and O–H groups in total. The molecule has 5 nitrogen and oxygen atoms in total. The monoisotopic (exact) mass is 344 g/mol. The molecule has 3 aromatic rings. The molecule has 0 bridgehead atoms. The van der Waals surface area contributed by atoms with Crippen molar-refractivity contribution in [3.05, 3.63) is 58.9 Å². The summed E-state index contributed by atoms with van der Waals surface area (Å²) < 4.78 is 12.8. The van der Waals surface area contributed by atoms with E-state index in [1.165, 1.54) is 0 Å². The highest BCUT2D eigenvalue weighted by Crippen LogP contribution is 2.24. The maximum atomic E-state index is 12.9. The summed E-state index contributed by atoms with van der Waals surface area (Å²) in [5.41, 5.74) is 3.30. The van der Waals surface area contributed by atoms with Crippen LogP contribution in [0.15, 0.2) is 47.1 Å². The molecule has 1 aliphatic heterocycles. The quantitative estimate of drug-likeness (QED) is 0.731. The van der Waals surface area contributed by atoms with Crippen molar-refractivity contribution in [3.63, 3.8) is 0 Å². The fraction of sp³-hybridized carbons (Fsp3) is 0.278. The molecule has 0 unspecified atom stereocenters. The smallest absolute Gasteiger partial charge is 0.270 e. The average Bonchev–Trinajstić information content (AvgIpc) is 3.18. The molecule has 0 atom stereocenters. The first kappa shape index (κ1) is 15.3. The van der Waals surface area contributed by atoms with Gasteiger partial charge in [0, 0.05) is 36.8 Å². The van der Waals surface area contributed by atoms with Gasteiger partial charge in [0.25, 0.3) is 5.91 Å². The van der Waals surface area contributed by atoms with E-state index in [9.17, 15) is 4.79 Å². The number of carbonyl (C=O) groups is 1. The van der Waals surface area contributed by atoms with E-state index in [1.807, 2.05) is 45.9 Å². The number of carbonyl (C=O) groups excluding carboxylic acids is 1. The number of hydrogen-bond donors (Lipinski definition) is 0. The standard InChI is InChI=1S/C18H17ClN2O3/c19-14-3-1-2-13(10-14)12-21-15-4-7-24-17(15)11-16(21)18(22)20-5-8-23-9-6-20/h1-4,7,10-11H,5-6,8-9,12H2. The number of halogens is 1. The van der Waals surface area contributed by atoms with Crippen LogP contribution in [-0.4, -0.2) is 41.7 Å². The fourth-order valence-corrected chi connectivity index (χ4v) is 3.28. The van der Waals surface area contributed by atoms with Gasteiger partial charge < -0.3 is 18.6 Å². The normalized spacial score (nSPS) is 15.1. The molecule has 4 rings (SSSR count). The van der Waals surface area contributed by atoms with Gasteiger partial charge >= 0.3 is 0 Å². The van der Waals surface area contributed by atoms with Crippen molar-refractivity contribution in [1.29, 1.82) is 0 Å². The lowest BCUT2D eigenvalue weighted by molar-refractivity contribution is 0.0296. The first-order valence-electron chi connectivity index (χ1n) is 7.90. The summed E-state index contributed by atoms with van der Waals surface area (Å²) >= 11 is 6.09. The van der Waals surface area contributed by atoms with E-state index in [2.05, 4.69) is 0 Å². The van der Waals surface area contributed by atoms with Gasteiger partial charge in [0.15, 0.2) is 5.58 Å². The predicted octanol–water partition coefficient (Wildman–Crippen LogP) is 3.41. The molecule has 0 spiro atoms. The summed E-state index contributed by atoms with van der Waals surface area (Å²) in [6, 6.07) is 11.4. The minimum atomic E-state index is 0.00623. The van der Waals surface area contributed by atoms with E-state index >= 15 is 0 Å². The van der Waals surface area contributed by atoms with Crippen LogP contribution < -0.4 is 0 Å². The van der Waals surface area contributed by atoms with Crippen LogP contribution in [-0.2, 0) is 11.3 Å². The molecule has 24 heavy (non-hydrogen) atoms. The highest BCUT2D eigenvalue weighted by molar-refractivity contribution is 6.30. The van der Waals surface area contributed by atoms with Crippen LogP contribution in [0, 0.1) is 0 Å². The number of nitrogens with zero attached hydrogens (tertiary/aromatic N) is 2. The molecule has 124 valence electrons. The van der Waals surface area contributed by atoms with Crippen LogP contribution in [0.25, 0.3) is 11.1 Å². The Kier molecular flexibility index (Phi) is 4.04. The first-order valence-corrected chi connectivity index (χ1v) is 8.28. The second-order valence-electron chi connectivity index (χ2n) is 5.82. The van der Waals surface area contributed by atoms with Crippen molar-refractivity contribution in [2.75, 3.05) is 26.3 Å².